The molecule has 5 heteroatoms. The Morgan fingerprint density at radius 1 is 1.64 bits per heavy atom. The standard InChI is InChI=1S/C9H16N4S/c1-7-5-13(8(2)3-10-7)6-9-4-11-14-12-9/h4,7-8,10H,3,5-6H2,1-2H3. The minimum atomic E-state index is 0.581. The summed E-state index contributed by atoms with van der Waals surface area (Å²) < 4.78 is 8.26. The SMILES string of the molecule is CC1CN(Cc2cnsn2)C(C)CN1. The lowest BCUT2D eigenvalue weighted by Crippen LogP contribution is -2.53. The molecule has 14 heavy (non-hydrogen) atoms. The molecule has 0 amide bonds. The number of hydrogen-bond acceptors (Lipinski definition) is 5. The molecule has 1 aromatic rings. The first kappa shape index (κ1) is 10.0. The van der Waals surface area contributed by atoms with Gasteiger partial charge in [0.1, 0.15) is 0 Å². The summed E-state index contributed by atoms with van der Waals surface area (Å²) >= 11 is 1.29. The number of rotatable bonds is 2. The van der Waals surface area contributed by atoms with Crippen molar-refractivity contribution in [1.29, 1.82) is 0 Å². The van der Waals surface area contributed by atoms with Gasteiger partial charge in [0.25, 0.3) is 0 Å². The molecule has 1 N–H and O–H groups in total. The topological polar surface area (TPSA) is 41.1 Å². The van der Waals surface area contributed by atoms with Crippen molar-refractivity contribution in [2.75, 3.05) is 13.1 Å². The van der Waals surface area contributed by atoms with Crippen LogP contribution in [0.3, 0.4) is 0 Å². The maximum absolute atomic E-state index is 4.24. The zero-order valence-electron chi connectivity index (χ0n) is 8.60. The van der Waals surface area contributed by atoms with Crippen LogP contribution in [0.1, 0.15) is 19.5 Å². The Morgan fingerprint density at radius 2 is 2.50 bits per heavy atom. The lowest BCUT2D eigenvalue weighted by Gasteiger charge is -2.36. The molecule has 2 atom stereocenters. The summed E-state index contributed by atoms with van der Waals surface area (Å²) in [4.78, 5) is 2.46. The van der Waals surface area contributed by atoms with E-state index in [4.69, 9.17) is 0 Å². The quantitative estimate of drug-likeness (QED) is 0.784. The van der Waals surface area contributed by atoms with Gasteiger partial charge in [0.15, 0.2) is 0 Å². The number of nitrogens with one attached hydrogen (secondary N) is 1. The maximum Gasteiger partial charge on any atom is 0.0883 e. The van der Waals surface area contributed by atoms with Gasteiger partial charge >= 0.3 is 0 Å². The highest BCUT2D eigenvalue weighted by atomic mass is 32.1. The molecule has 1 fully saturated rings. The predicted molar refractivity (Wildman–Crippen MR) is 57.2 cm³/mol. The third-order valence-corrected chi connectivity index (χ3v) is 3.18. The molecule has 0 radical (unpaired) electrons. The molecule has 0 bridgehead atoms. The van der Waals surface area contributed by atoms with Crippen LogP contribution in [0.5, 0.6) is 0 Å². The molecule has 1 aliphatic rings. The molecule has 1 aliphatic heterocycles. The fourth-order valence-corrected chi connectivity index (χ4v) is 2.20. The van der Waals surface area contributed by atoms with E-state index < -0.39 is 0 Å². The first-order chi connectivity index (χ1) is 6.75. The van der Waals surface area contributed by atoms with Crippen LogP contribution in [0.15, 0.2) is 6.20 Å². The molecule has 4 nitrogen and oxygen atoms in total. The Morgan fingerprint density at radius 3 is 3.21 bits per heavy atom. The van der Waals surface area contributed by atoms with Crippen LogP contribution >= 0.6 is 11.7 Å². The number of piperazine rings is 1. The van der Waals surface area contributed by atoms with Crippen molar-refractivity contribution in [3.8, 4) is 0 Å². The second-order valence-electron chi connectivity index (χ2n) is 3.99. The van der Waals surface area contributed by atoms with Crippen LogP contribution in [-0.4, -0.2) is 38.8 Å². The van der Waals surface area contributed by atoms with E-state index in [1.807, 2.05) is 6.20 Å². The first-order valence-electron chi connectivity index (χ1n) is 4.99. The molecule has 0 spiro atoms. The van der Waals surface area contributed by atoms with Crippen molar-refractivity contribution >= 4 is 11.7 Å². The van der Waals surface area contributed by atoms with Crippen molar-refractivity contribution < 1.29 is 0 Å². The van der Waals surface area contributed by atoms with E-state index in [0.717, 1.165) is 25.3 Å². The average Bonchev–Trinajstić information content (AvgIpc) is 2.64. The monoisotopic (exact) mass is 212 g/mol. The highest BCUT2D eigenvalue weighted by Gasteiger charge is 2.22. The number of aromatic nitrogens is 2. The molecule has 0 aliphatic carbocycles. The van der Waals surface area contributed by atoms with Crippen LogP contribution in [0.25, 0.3) is 0 Å². The average molecular weight is 212 g/mol. The summed E-state index contributed by atoms with van der Waals surface area (Å²) in [6, 6.07) is 1.17. The predicted octanol–water partition coefficient (Wildman–Crippen LogP) is 0.720. The van der Waals surface area contributed by atoms with Crippen LogP contribution < -0.4 is 5.32 Å². The van der Waals surface area contributed by atoms with E-state index in [0.29, 0.717) is 12.1 Å². The third-order valence-electron chi connectivity index (χ3n) is 2.67. The highest BCUT2D eigenvalue weighted by molar-refractivity contribution is 6.99. The van der Waals surface area contributed by atoms with E-state index >= 15 is 0 Å². The molecule has 1 aromatic heterocycles. The van der Waals surface area contributed by atoms with Gasteiger partial charge in [0, 0.05) is 31.7 Å². The van der Waals surface area contributed by atoms with Crippen LogP contribution in [0, 0.1) is 0 Å². The van der Waals surface area contributed by atoms with E-state index in [9.17, 15) is 0 Å². The Kier molecular flexibility index (Phi) is 3.10. The van der Waals surface area contributed by atoms with Crippen molar-refractivity contribution in [1.82, 2.24) is 19.0 Å². The Labute approximate surface area is 88.7 Å². The van der Waals surface area contributed by atoms with E-state index in [2.05, 4.69) is 32.8 Å². The summed E-state index contributed by atoms with van der Waals surface area (Å²) in [5.74, 6) is 0. The third kappa shape index (κ3) is 2.29. The van der Waals surface area contributed by atoms with Gasteiger partial charge in [-0.15, -0.1) is 0 Å². The molecule has 2 rings (SSSR count). The fourth-order valence-electron chi connectivity index (χ4n) is 1.78. The van der Waals surface area contributed by atoms with Gasteiger partial charge in [-0.3, -0.25) is 4.90 Å². The summed E-state index contributed by atoms with van der Waals surface area (Å²) in [6.45, 7) is 7.57. The minimum Gasteiger partial charge on any atom is -0.311 e. The lowest BCUT2D eigenvalue weighted by molar-refractivity contribution is 0.137. The van der Waals surface area contributed by atoms with Gasteiger partial charge < -0.3 is 5.32 Å². The summed E-state index contributed by atoms with van der Waals surface area (Å²) in [7, 11) is 0. The summed E-state index contributed by atoms with van der Waals surface area (Å²) in [6.07, 6.45) is 1.87. The smallest absolute Gasteiger partial charge is 0.0883 e. The number of hydrogen-bond donors (Lipinski definition) is 1. The van der Waals surface area contributed by atoms with E-state index in [-0.39, 0.29) is 0 Å². The second-order valence-corrected chi connectivity index (χ2v) is 4.54. The van der Waals surface area contributed by atoms with Gasteiger partial charge in [-0.1, -0.05) is 0 Å². The molecule has 1 saturated heterocycles. The van der Waals surface area contributed by atoms with Crippen LogP contribution in [0.2, 0.25) is 0 Å². The Balaban J connectivity index is 1.95. The highest BCUT2D eigenvalue weighted by Crippen LogP contribution is 2.10. The first-order valence-corrected chi connectivity index (χ1v) is 5.72. The maximum atomic E-state index is 4.24. The van der Waals surface area contributed by atoms with Gasteiger partial charge in [0.05, 0.1) is 23.6 Å². The van der Waals surface area contributed by atoms with Crippen LogP contribution in [0.4, 0.5) is 0 Å². The normalized spacial score (nSPS) is 29.3. The van der Waals surface area contributed by atoms with Gasteiger partial charge in [-0.25, -0.2) is 0 Å². The fraction of sp³-hybridized carbons (Fsp3) is 0.778. The van der Waals surface area contributed by atoms with Gasteiger partial charge in [-0.2, -0.15) is 8.75 Å². The van der Waals surface area contributed by atoms with Gasteiger partial charge in [0.2, 0.25) is 0 Å². The zero-order chi connectivity index (χ0) is 9.97. The molecule has 2 unspecified atom stereocenters. The lowest BCUT2D eigenvalue weighted by atomic mass is 10.1. The molecule has 2 heterocycles. The van der Waals surface area contributed by atoms with Crippen LogP contribution in [-0.2, 0) is 6.54 Å². The minimum absolute atomic E-state index is 0.581. The largest absolute Gasteiger partial charge is 0.311 e. The Bertz CT molecular complexity index is 274. The van der Waals surface area contributed by atoms with Crippen molar-refractivity contribution in [3.05, 3.63) is 11.9 Å². The molecule has 0 aromatic carbocycles. The van der Waals surface area contributed by atoms with Crippen molar-refractivity contribution in [2.45, 2.75) is 32.5 Å². The molecule has 78 valence electrons. The van der Waals surface area contributed by atoms with Gasteiger partial charge in [-0.05, 0) is 13.8 Å². The summed E-state index contributed by atoms with van der Waals surface area (Å²) in [5.41, 5.74) is 1.09. The second kappa shape index (κ2) is 4.33. The Hall–Kier alpha value is -0.520. The van der Waals surface area contributed by atoms with E-state index in [1.54, 1.807) is 0 Å². The van der Waals surface area contributed by atoms with Crippen molar-refractivity contribution in [3.63, 3.8) is 0 Å². The molecule has 0 saturated carbocycles. The number of nitrogens with zero attached hydrogens (tertiary/aromatic N) is 3. The van der Waals surface area contributed by atoms with Crippen molar-refractivity contribution in [2.24, 2.45) is 0 Å². The molecular formula is C9H16N4S. The zero-order valence-corrected chi connectivity index (χ0v) is 9.42. The van der Waals surface area contributed by atoms with E-state index in [1.165, 1.54) is 11.7 Å². The molecular weight excluding hydrogens is 196 g/mol. The summed E-state index contributed by atoms with van der Waals surface area (Å²) in [5, 5.41) is 3.47.